The normalized spacial score (nSPS) is 34.5. The van der Waals surface area contributed by atoms with Crippen LogP contribution in [0.2, 0.25) is 0 Å². The van der Waals surface area contributed by atoms with Gasteiger partial charge in [-0.1, -0.05) is 13.8 Å². The number of piperazine rings is 1. The van der Waals surface area contributed by atoms with Crippen molar-refractivity contribution in [1.82, 2.24) is 10.2 Å². The van der Waals surface area contributed by atoms with Gasteiger partial charge in [-0.05, 0) is 56.3 Å². The zero-order valence-corrected chi connectivity index (χ0v) is 12.4. The second-order valence-electron chi connectivity index (χ2n) is 7.41. The van der Waals surface area contributed by atoms with E-state index in [-0.39, 0.29) is 0 Å². The Morgan fingerprint density at radius 2 is 1.72 bits per heavy atom. The van der Waals surface area contributed by atoms with Crippen molar-refractivity contribution in [2.75, 3.05) is 19.6 Å². The maximum Gasteiger partial charge on any atom is 0.0244 e. The van der Waals surface area contributed by atoms with Gasteiger partial charge in [0.2, 0.25) is 0 Å². The van der Waals surface area contributed by atoms with Crippen LogP contribution in [0.15, 0.2) is 0 Å². The number of nitrogens with zero attached hydrogens (tertiary/aromatic N) is 1. The van der Waals surface area contributed by atoms with Gasteiger partial charge in [-0.15, -0.1) is 0 Å². The van der Waals surface area contributed by atoms with E-state index in [9.17, 15) is 0 Å². The van der Waals surface area contributed by atoms with Crippen LogP contribution in [0.25, 0.3) is 0 Å². The van der Waals surface area contributed by atoms with E-state index in [1.165, 1.54) is 45.3 Å². The number of nitrogens with one attached hydrogen (secondary N) is 1. The molecule has 1 saturated heterocycles. The minimum Gasteiger partial charge on any atom is -0.311 e. The third kappa shape index (κ3) is 2.91. The molecule has 3 aliphatic rings. The van der Waals surface area contributed by atoms with Gasteiger partial charge >= 0.3 is 0 Å². The largest absolute Gasteiger partial charge is 0.311 e. The van der Waals surface area contributed by atoms with Crippen LogP contribution >= 0.6 is 0 Å². The van der Waals surface area contributed by atoms with Crippen LogP contribution in [0.3, 0.4) is 0 Å². The molecule has 2 heteroatoms. The Morgan fingerprint density at radius 1 is 1.11 bits per heavy atom. The van der Waals surface area contributed by atoms with Crippen molar-refractivity contribution >= 4 is 0 Å². The van der Waals surface area contributed by atoms with Crippen LogP contribution in [-0.2, 0) is 0 Å². The van der Waals surface area contributed by atoms with Crippen molar-refractivity contribution in [3.8, 4) is 0 Å². The summed E-state index contributed by atoms with van der Waals surface area (Å²) in [7, 11) is 0. The first-order valence-corrected chi connectivity index (χ1v) is 8.12. The Morgan fingerprint density at radius 3 is 2.22 bits per heavy atom. The highest BCUT2D eigenvalue weighted by molar-refractivity contribution is 4.95. The van der Waals surface area contributed by atoms with Crippen molar-refractivity contribution in [3.05, 3.63) is 0 Å². The Balaban J connectivity index is 1.63. The first-order valence-electron chi connectivity index (χ1n) is 8.12. The fraction of sp³-hybridized carbons (Fsp3) is 1.00. The topological polar surface area (TPSA) is 15.3 Å². The molecule has 2 nitrogen and oxygen atoms in total. The maximum atomic E-state index is 3.66. The molecule has 0 spiro atoms. The zero-order chi connectivity index (χ0) is 12.7. The van der Waals surface area contributed by atoms with E-state index >= 15 is 0 Å². The van der Waals surface area contributed by atoms with E-state index in [1.807, 2.05) is 0 Å². The first kappa shape index (κ1) is 12.9. The molecule has 0 bridgehead atoms. The molecular formula is C16H30N2. The predicted octanol–water partition coefficient (Wildman–Crippen LogP) is 2.74. The summed E-state index contributed by atoms with van der Waals surface area (Å²) in [6, 6.07) is 1.44. The molecule has 0 aromatic heterocycles. The van der Waals surface area contributed by atoms with Gasteiger partial charge in [-0.2, -0.15) is 0 Å². The molecule has 2 aliphatic carbocycles. The van der Waals surface area contributed by atoms with Crippen LogP contribution < -0.4 is 5.32 Å². The molecule has 3 rings (SSSR count). The molecule has 2 atom stereocenters. The van der Waals surface area contributed by atoms with Crippen LogP contribution in [0.1, 0.15) is 46.5 Å². The fourth-order valence-electron chi connectivity index (χ4n) is 3.87. The molecule has 1 N–H and O–H groups in total. The lowest BCUT2D eigenvalue weighted by Crippen LogP contribution is -2.58. The van der Waals surface area contributed by atoms with Gasteiger partial charge in [0.15, 0.2) is 0 Å². The standard InChI is InChI=1S/C16H30N2/c1-11(2)16-8-17-12(3)9-18(16)10-15(13-4-5-13)14-6-7-14/h11-17H,4-10H2,1-3H3. The SMILES string of the molecule is CC1CN(CC(C2CC2)C2CC2)C(C(C)C)CN1. The molecule has 0 radical (unpaired) electrons. The Labute approximate surface area is 113 Å². The van der Waals surface area contributed by atoms with Gasteiger partial charge < -0.3 is 5.32 Å². The van der Waals surface area contributed by atoms with E-state index in [2.05, 4.69) is 31.0 Å². The lowest BCUT2D eigenvalue weighted by molar-refractivity contribution is 0.0765. The van der Waals surface area contributed by atoms with Crippen molar-refractivity contribution in [1.29, 1.82) is 0 Å². The summed E-state index contributed by atoms with van der Waals surface area (Å²) in [5.41, 5.74) is 0. The van der Waals surface area contributed by atoms with Crippen LogP contribution in [0.4, 0.5) is 0 Å². The monoisotopic (exact) mass is 250 g/mol. The quantitative estimate of drug-likeness (QED) is 0.807. The Kier molecular flexibility index (Phi) is 3.68. The molecule has 2 unspecified atom stereocenters. The van der Waals surface area contributed by atoms with E-state index < -0.39 is 0 Å². The summed E-state index contributed by atoms with van der Waals surface area (Å²) >= 11 is 0. The smallest absolute Gasteiger partial charge is 0.0244 e. The molecule has 1 aliphatic heterocycles. The summed E-state index contributed by atoms with van der Waals surface area (Å²) in [4.78, 5) is 2.83. The maximum absolute atomic E-state index is 3.66. The Hall–Kier alpha value is -0.0800. The van der Waals surface area contributed by atoms with Gasteiger partial charge in [0.25, 0.3) is 0 Å². The molecule has 1 heterocycles. The van der Waals surface area contributed by atoms with Crippen molar-refractivity contribution in [2.24, 2.45) is 23.7 Å². The van der Waals surface area contributed by atoms with Crippen LogP contribution in [0, 0.1) is 23.7 Å². The number of rotatable bonds is 5. The third-order valence-electron chi connectivity index (χ3n) is 5.32. The molecule has 0 aromatic rings. The third-order valence-corrected chi connectivity index (χ3v) is 5.32. The van der Waals surface area contributed by atoms with Gasteiger partial charge in [0, 0.05) is 31.7 Å². The second kappa shape index (κ2) is 5.13. The highest BCUT2D eigenvalue weighted by atomic mass is 15.2. The van der Waals surface area contributed by atoms with E-state index in [0.717, 1.165) is 29.7 Å². The van der Waals surface area contributed by atoms with Gasteiger partial charge in [0.05, 0.1) is 0 Å². The van der Waals surface area contributed by atoms with E-state index in [4.69, 9.17) is 0 Å². The van der Waals surface area contributed by atoms with Gasteiger partial charge in [-0.25, -0.2) is 0 Å². The molecule has 0 aromatic carbocycles. The molecule has 2 saturated carbocycles. The zero-order valence-electron chi connectivity index (χ0n) is 12.4. The van der Waals surface area contributed by atoms with Crippen LogP contribution in [-0.4, -0.2) is 36.6 Å². The summed E-state index contributed by atoms with van der Waals surface area (Å²) in [5, 5.41) is 3.66. The molecule has 3 fully saturated rings. The summed E-state index contributed by atoms with van der Waals surface area (Å²) < 4.78 is 0. The fourth-order valence-corrected chi connectivity index (χ4v) is 3.87. The number of hydrogen-bond donors (Lipinski definition) is 1. The van der Waals surface area contributed by atoms with E-state index in [0.29, 0.717) is 6.04 Å². The predicted molar refractivity (Wildman–Crippen MR) is 76.6 cm³/mol. The lowest BCUT2D eigenvalue weighted by atomic mass is 9.92. The highest BCUT2D eigenvalue weighted by Crippen LogP contribution is 2.49. The van der Waals surface area contributed by atoms with E-state index in [1.54, 1.807) is 0 Å². The van der Waals surface area contributed by atoms with Crippen LogP contribution in [0.5, 0.6) is 0 Å². The van der Waals surface area contributed by atoms with Crippen molar-refractivity contribution < 1.29 is 0 Å². The van der Waals surface area contributed by atoms with Gasteiger partial charge in [-0.3, -0.25) is 4.90 Å². The minimum absolute atomic E-state index is 0.680. The first-order chi connectivity index (χ1) is 8.65. The van der Waals surface area contributed by atoms with Crippen molar-refractivity contribution in [3.63, 3.8) is 0 Å². The molecule has 0 amide bonds. The second-order valence-corrected chi connectivity index (χ2v) is 7.41. The summed E-state index contributed by atoms with van der Waals surface area (Å²) in [6.07, 6.45) is 6.09. The average molecular weight is 250 g/mol. The lowest BCUT2D eigenvalue weighted by Gasteiger charge is -2.43. The van der Waals surface area contributed by atoms with Gasteiger partial charge in [0.1, 0.15) is 0 Å². The molecule has 104 valence electrons. The molecular weight excluding hydrogens is 220 g/mol. The summed E-state index contributed by atoms with van der Waals surface area (Å²) in [5.74, 6) is 4.01. The number of hydrogen-bond acceptors (Lipinski definition) is 2. The Bertz CT molecular complexity index is 269. The molecule has 18 heavy (non-hydrogen) atoms. The summed E-state index contributed by atoms with van der Waals surface area (Å²) in [6.45, 7) is 11.0. The van der Waals surface area contributed by atoms with Crippen molar-refractivity contribution in [2.45, 2.75) is 58.5 Å². The highest BCUT2D eigenvalue weighted by Gasteiger charge is 2.43. The minimum atomic E-state index is 0.680. The average Bonchev–Trinajstić information content (AvgIpc) is 3.17.